The Balaban J connectivity index is 2.02. The van der Waals surface area contributed by atoms with Gasteiger partial charge in [0.15, 0.2) is 11.6 Å². The molecule has 0 aromatic heterocycles. The fourth-order valence-electron chi connectivity index (χ4n) is 1.87. The van der Waals surface area contributed by atoms with Gasteiger partial charge >= 0.3 is 0 Å². The molecule has 2 rings (SSSR count). The molecule has 0 amide bonds. The average Bonchev–Trinajstić information content (AvgIpc) is 2.44. The van der Waals surface area contributed by atoms with Crippen molar-refractivity contribution in [1.29, 1.82) is 0 Å². The van der Waals surface area contributed by atoms with Crippen LogP contribution in [0.4, 0.5) is 4.39 Å². The van der Waals surface area contributed by atoms with E-state index in [0.29, 0.717) is 12.1 Å². The maximum absolute atomic E-state index is 13.2. The lowest BCUT2D eigenvalue weighted by Crippen LogP contribution is -2.23. The zero-order valence-electron chi connectivity index (χ0n) is 10.4. The Hall–Kier alpha value is -1.91. The first-order valence-electron chi connectivity index (χ1n) is 6.07. The first-order chi connectivity index (χ1) is 9.20. The second-order valence-electron chi connectivity index (χ2n) is 4.31. The molecule has 0 radical (unpaired) electrons. The number of rotatable bonds is 5. The molecule has 2 aromatic rings. The number of nitrogens with one attached hydrogen (secondary N) is 1. The Kier molecular flexibility index (Phi) is 4.49. The van der Waals surface area contributed by atoms with Crippen LogP contribution in [0.5, 0.6) is 5.75 Å². The van der Waals surface area contributed by atoms with Gasteiger partial charge in [-0.2, -0.15) is 0 Å². The van der Waals surface area contributed by atoms with Crippen molar-refractivity contribution >= 4 is 0 Å². The van der Waals surface area contributed by atoms with Crippen LogP contribution in [0.3, 0.4) is 0 Å². The van der Waals surface area contributed by atoms with E-state index in [1.165, 1.54) is 12.1 Å². The highest BCUT2D eigenvalue weighted by Crippen LogP contribution is 2.17. The van der Waals surface area contributed by atoms with Crippen LogP contribution in [0.25, 0.3) is 0 Å². The zero-order valence-corrected chi connectivity index (χ0v) is 10.4. The first kappa shape index (κ1) is 13.5. The fraction of sp³-hybridized carbons (Fsp3) is 0.200. The maximum atomic E-state index is 13.2. The third-order valence-electron chi connectivity index (χ3n) is 2.95. The van der Waals surface area contributed by atoms with E-state index in [9.17, 15) is 9.50 Å². The fourth-order valence-corrected chi connectivity index (χ4v) is 1.87. The summed E-state index contributed by atoms with van der Waals surface area (Å²) in [7, 11) is 0. The number of benzene rings is 2. The predicted molar refractivity (Wildman–Crippen MR) is 71.2 cm³/mol. The number of halogens is 1. The SMILES string of the molecule is OC[C@@H](NCc1ccc(O)c(F)c1)c1ccccc1. The molecular formula is C15H16FNO2. The number of aliphatic hydroxyl groups excluding tert-OH is 1. The molecule has 0 bridgehead atoms. The molecular weight excluding hydrogens is 245 g/mol. The summed E-state index contributed by atoms with van der Waals surface area (Å²) in [6, 6.07) is 13.6. The summed E-state index contributed by atoms with van der Waals surface area (Å²) in [5, 5.41) is 21.6. The first-order valence-corrected chi connectivity index (χ1v) is 6.07. The minimum absolute atomic E-state index is 0.0371. The van der Waals surface area contributed by atoms with Crippen LogP contribution in [0.2, 0.25) is 0 Å². The van der Waals surface area contributed by atoms with Crippen molar-refractivity contribution in [3.63, 3.8) is 0 Å². The highest BCUT2D eigenvalue weighted by atomic mass is 19.1. The third-order valence-corrected chi connectivity index (χ3v) is 2.95. The van der Waals surface area contributed by atoms with E-state index in [0.717, 1.165) is 5.56 Å². The number of hydrogen-bond acceptors (Lipinski definition) is 3. The smallest absolute Gasteiger partial charge is 0.165 e. The molecule has 0 aliphatic heterocycles. The quantitative estimate of drug-likeness (QED) is 0.774. The van der Waals surface area contributed by atoms with Gasteiger partial charge in [-0.05, 0) is 23.3 Å². The van der Waals surface area contributed by atoms with E-state index in [4.69, 9.17) is 5.11 Å². The minimum Gasteiger partial charge on any atom is -0.505 e. The van der Waals surface area contributed by atoms with E-state index in [1.54, 1.807) is 6.07 Å². The number of phenols is 1. The van der Waals surface area contributed by atoms with Crippen LogP contribution in [-0.2, 0) is 6.54 Å². The lowest BCUT2D eigenvalue weighted by molar-refractivity contribution is 0.243. The van der Waals surface area contributed by atoms with Gasteiger partial charge in [0.05, 0.1) is 12.6 Å². The molecule has 3 nitrogen and oxygen atoms in total. The highest BCUT2D eigenvalue weighted by Gasteiger charge is 2.09. The molecule has 0 aliphatic rings. The summed E-state index contributed by atoms with van der Waals surface area (Å²) in [4.78, 5) is 0. The van der Waals surface area contributed by atoms with Crippen LogP contribution < -0.4 is 5.32 Å². The van der Waals surface area contributed by atoms with Gasteiger partial charge in [-0.15, -0.1) is 0 Å². The van der Waals surface area contributed by atoms with Crippen molar-refractivity contribution in [2.75, 3.05) is 6.61 Å². The number of hydrogen-bond donors (Lipinski definition) is 3. The number of phenolic OH excluding ortho intramolecular Hbond substituents is 1. The van der Waals surface area contributed by atoms with E-state index >= 15 is 0 Å². The number of aromatic hydroxyl groups is 1. The second-order valence-corrected chi connectivity index (χ2v) is 4.31. The highest BCUT2D eigenvalue weighted by molar-refractivity contribution is 5.28. The largest absolute Gasteiger partial charge is 0.505 e. The molecule has 0 heterocycles. The summed E-state index contributed by atoms with van der Waals surface area (Å²) in [5.74, 6) is -0.995. The maximum Gasteiger partial charge on any atom is 0.165 e. The van der Waals surface area contributed by atoms with E-state index in [-0.39, 0.29) is 18.4 Å². The van der Waals surface area contributed by atoms with E-state index in [1.807, 2.05) is 30.3 Å². The third kappa shape index (κ3) is 3.53. The van der Waals surface area contributed by atoms with Crippen molar-refractivity contribution < 1.29 is 14.6 Å². The lowest BCUT2D eigenvalue weighted by atomic mass is 10.1. The van der Waals surface area contributed by atoms with Crippen LogP contribution >= 0.6 is 0 Å². The van der Waals surface area contributed by atoms with Gasteiger partial charge in [-0.25, -0.2) is 4.39 Å². The van der Waals surface area contributed by atoms with Gasteiger partial charge < -0.3 is 15.5 Å². The summed E-state index contributed by atoms with van der Waals surface area (Å²) in [6.45, 7) is 0.377. The summed E-state index contributed by atoms with van der Waals surface area (Å²) in [6.07, 6.45) is 0. The monoisotopic (exact) mass is 261 g/mol. The van der Waals surface area contributed by atoms with Crippen LogP contribution in [-0.4, -0.2) is 16.8 Å². The molecule has 0 spiro atoms. The van der Waals surface area contributed by atoms with Crippen molar-refractivity contribution in [3.8, 4) is 5.75 Å². The van der Waals surface area contributed by atoms with E-state index < -0.39 is 5.82 Å². The molecule has 4 heteroatoms. The Morgan fingerprint density at radius 1 is 1.11 bits per heavy atom. The molecule has 3 N–H and O–H groups in total. The molecule has 100 valence electrons. The van der Waals surface area contributed by atoms with Crippen molar-refractivity contribution in [1.82, 2.24) is 5.32 Å². The molecule has 19 heavy (non-hydrogen) atoms. The second kappa shape index (κ2) is 6.31. The Bertz CT molecular complexity index is 531. The van der Waals surface area contributed by atoms with Gasteiger partial charge in [0, 0.05) is 6.54 Å². The van der Waals surface area contributed by atoms with Gasteiger partial charge in [0.25, 0.3) is 0 Å². The van der Waals surface area contributed by atoms with Crippen molar-refractivity contribution in [3.05, 3.63) is 65.5 Å². The topological polar surface area (TPSA) is 52.5 Å². The minimum atomic E-state index is -0.639. The standard InChI is InChI=1S/C15H16FNO2/c16-13-8-11(6-7-15(13)19)9-17-14(10-18)12-4-2-1-3-5-12/h1-8,14,17-19H,9-10H2/t14-/m1/s1. The molecule has 0 saturated carbocycles. The van der Waals surface area contributed by atoms with Gasteiger partial charge in [0.2, 0.25) is 0 Å². The van der Waals surface area contributed by atoms with Crippen molar-refractivity contribution in [2.24, 2.45) is 0 Å². The lowest BCUT2D eigenvalue weighted by Gasteiger charge is -2.16. The zero-order chi connectivity index (χ0) is 13.7. The Morgan fingerprint density at radius 2 is 1.84 bits per heavy atom. The van der Waals surface area contributed by atoms with Crippen molar-refractivity contribution in [2.45, 2.75) is 12.6 Å². The normalized spacial score (nSPS) is 12.3. The summed E-state index contributed by atoms with van der Waals surface area (Å²) >= 11 is 0. The average molecular weight is 261 g/mol. The molecule has 0 unspecified atom stereocenters. The van der Waals surface area contributed by atoms with Gasteiger partial charge in [-0.3, -0.25) is 0 Å². The van der Waals surface area contributed by atoms with Gasteiger partial charge in [0.1, 0.15) is 0 Å². The molecule has 0 saturated heterocycles. The van der Waals surface area contributed by atoms with Crippen LogP contribution in [0, 0.1) is 5.82 Å². The molecule has 0 fully saturated rings. The van der Waals surface area contributed by atoms with Crippen LogP contribution in [0.1, 0.15) is 17.2 Å². The molecule has 0 aliphatic carbocycles. The predicted octanol–water partition coefficient (Wildman–Crippen LogP) is 2.35. The number of aliphatic hydroxyl groups is 1. The summed E-state index contributed by atoms with van der Waals surface area (Å²) < 4.78 is 13.2. The Labute approximate surface area is 111 Å². The van der Waals surface area contributed by atoms with E-state index in [2.05, 4.69) is 5.32 Å². The molecule has 1 atom stereocenters. The van der Waals surface area contributed by atoms with Crippen LogP contribution in [0.15, 0.2) is 48.5 Å². The Morgan fingerprint density at radius 3 is 2.47 bits per heavy atom. The molecule has 2 aromatic carbocycles. The van der Waals surface area contributed by atoms with Gasteiger partial charge in [-0.1, -0.05) is 36.4 Å². The summed E-state index contributed by atoms with van der Waals surface area (Å²) in [5.41, 5.74) is 1.69.